The second-order valence-corrected chi connectivity index (χ2v) is 14.1. The molecule has 2 fully saturated rings. The van der Waals surface area contributed by atoms with E-state index in [1.54, 1.807) is 30.6 Å². The molecule has 0 bridgehead atoms. The maximum absolute atomic E-state index is 13.6. The van der Waals surface area contributed by atoms with Crippen molar-refractivity contribution in [1.82, 2.24) is 19.8 Å². The molecule has 0 saturated carbocycles. The Hall–Kier alpha value is -3.10. The Labute approximate surface area is 240 Å². The monoisotopic (exact) mass is 599 g/mol. The predicted molar refractivity (Wildman–Crippen MR) is 155 cm³/mol. The summed E-state index contributed by atoms with van der Waals surface area (Å²) in [6.07, 6.45) is 1.83. The number of thiazole rings is 1. The van der Waals surface area contributed by atoms with Gasteiger partial charge in [0, 0.05) is 49.7 Å². The van der Waals surface area contributed by atoms with Crippen LogP contribution >= 0.6 is 22.7 Å². The molecule has 2 unspecified atom stereocenters. The summed E-state index contributed by atoms with van der Waals surface area (Å²) in [6.45, 7) is 4.58. The van der Waals surface area contributed by atoms with Crippen LogP contribution in [0.1, 0.15) is 11.8 Å². The summed E-state index contributed by atoms with van der Waals surface area (Å²) in [4.78, 5) is 37.2. The lowest BCUT2D eigenvalue weighted by Crippen LogP contribution is -2.34. The molecule has 1 N–H and O–H groups in total. The van der Waals surface area contributed by atoms with Crippen molar-refractivity contribution in [3.05, 3.63) is 52.9 Å². The molecule has 0 aliphatic carbocycles. The van der Waals surface area contributed by atoms with E-state index in [4.69, 9.17) is 4.74 Å². The maximum atomic E-state index is 13.6. The van der Waals surface area contributed by atoms with Crippen molar-refractivity contribution >= 4 is 61.1 Å². The van der Waals surface area contributed by atoms with Crippen molar-refractivity contribution in [3.8, 4) is 10.7 Å². The fourth-order valence-corrected chi connectivity index (χ4v) is 8.98. The number of aromatic nitrogens is 2. The average Bonchev–Trinajstić information content (AvgIpc) is 3.77. The number of benzene rings is 1. The van der Waals surface area contributed by atoms with Gasteiger partial charge in [0.2, 0.25) is 11.8 Å². The van der Waals surface area contributed by atoms with Crippen LogP contribution in [-0.4, -0.2) is 79.9 Å². The summed E-state index contributed by atoms with van der Waals surface area (Å²) in [5.74, 6) is -0.693. The first-order chi connectivity index (χ1) is 19.3. The van der Waals surface area contributed by atoms with E-state index in [0.717, 1.165) is 21.0 Å². The van der Waals surface area contributed by atoms with Crippen LogP contribution in [0, 0.1) is 11.8 Å². The van der Waals surface area contributed by atoms with Crippen LogP contribution in [0.2, 0.25) is 0 Å². The number of thiophene rings is 1. The molecule has 1 aromatic carbocycles. The third-order valence-corrected chi connectivity index (χ3v) is 11.6. The number of carbonyl (C=O) groups excluding carboxylic acids is 2. The predicted octanol–water partition coefficient (Wildman–Crippen LogP) is 3.63. The molecular weight excluding hydrogens is 571 g/mol. The molecule has 6 rings (SSSR count). The van der Waals surface area contributed by atoms with E-state index < -0.39 is 10.0 Å². The first-order valence-electron chi connectivity index (χ1n) is 13.0. The van der Waals surface area contributed by atoms with Gasteiger partial charge in [0.25, 0.3) is 10.0 Å². The molecule has 2 atom stereocenters. The summed E-state index contributed by atoms with van der Waals surface area (Å²) in [7, 11) is -2.22. The molecular formula is C27H29N5O5S3. The van der Waals surface area contributed by atoms with Gasteiger partial charge in [-0.05, 0) is 30.5 Å². The Bertz CT molecular complexity index is 1640. The topological polar surface area (TPSA) is 116 Å². The van der Waals surface area contributed by atoms with Gasteiger partial charge in [-0.1, -0.05) is 18.2 Å². The molecule has 210 valence electrons. The molecule has 2 amide bonds. The van der Waals surface area contributed by atoms with E-state index in [1.807, 2.05) is 31.3 Å². The number of imide groups is 1. The average molecular weight is 600 g/mol. The lowest BCUT2D eigenvalue weighted by molar-refractivity contribution is -0.138. The summed E-state index contributed by atoms with van der Waals surface area (Å²) >= 11 is 2.73. The van der Waals surface area contributed by atoms with Gasteiger partial charge in [0.1, 0.15) is 9.22 Å². The molecule has 4 aromatic rings. The standard InChI is InChI=1S/C27H29N5O5S3/c1-3-37-10-9-32(40(35,36)23-8-5-11-38-23)22-7-4-6-17-12-21(29-24(17)22)25-28-13-18(39-25)14-31-15-19-20(16-31)27(34)30(2)26(19)33/h4-8,11-13,19-20,29H,3,9-10,14-16H2,1-2H3. The Morgan fingerprint density at radius 2 is 1.93 bits per heavy atom. The number of anilines is 1. The zero-order valence-corrected chi connectivity index (χ0v) is 24.5. The minimum Gasteiger partial charge on any atom is -0.380 e. The SMILES string of the molecule is CCOCCN(c1cccc2cc(-c3ncc(CN4CC5C(=O)N(C)C(=O)C5C4)s3)[nH]c12)S(=O)(=O)c1cccs1. The number of aromatic amines is 1. The van der Waals surface area contributed by atoms with Crippen molar-refractivity contribution in [2.45, 2.75) is 17.7 Å². The highest BCUT2D eigenvalue weighted by Gasteiger charge is 2.50. The van der Waals surface area contributed by atoms with Gasteiger partial charge in [0.15, 0.2) is 0 Å². The number of nitrogens with one attached hydrogen (secondary N) is 1. The number of para-hydroxylation sites is 1. The summed E-state index contributed by atoms with van der Waals surface area (Å²) in [5.41, 5.74) is 2.05. The minimum atomic E-state index is -3.78. The third kappa shape index (κ3) is 4.75. The van der Waals surface area contributed by atoms with Crippen LogP contribution in [-0.2, 0) is 30.9 Å². The van der Waals surface area contributed by atoms with E-state index in [1.165, 1.54) is 31.9 Å². The number of ether oxygens (including phenoxy) is 1. The van der Waals surface area contributed by atoms with E-state index in [0.29, 0.717) is 37.4 Å². The number of carbonyl (C=O) groups is 2. The zero-order chi connectivity index (χ0) is 28.0. The van der Waals surface area contributed by atoms with E-state index in [9.17, 15) is 18.0 Å². The van der Waals surface area contributed by atoms with Crippen LogP contribution in [0.15, 0.2) is 52.2 Å². The number of sulfonamides is 1. The van der Waals surface area contributed by atoms with Crippen LogP contribution in [0.5, 0.6) is 0 Å². The number of rotatable bonds is 10. The van der Waals surface area contributed by atoms with Gasteiger partial charge in [-0.25, -0.2) is 13.4 Å². The van der Waals surface area contributed by atoms with Crippen molar-refractivity contribution in [2.75, 3.05) is 44.2 Å². The van der Waals surface area contributed by atoms with Gasteiger partial charge in [-0.2, -0.15) is 0 Å². The quantitative estimate of drug-likeness (QED) is 0.219. The molecule has 5 heterocycles. The van der Waals surface area contributed by atoms with E-state index in [2.05, 4.69) is 14.9 Å². The van der Waals surface area contributed by atoms with Crippen molar-refractivity contribution in [2.24, 2.45) is 11.8 Å². The van der Waals surface area contributed by atoms with Crippen LogP contribution < -0.4 is 4.31 Å². The number of hydrogen-bond acceptors (Lipinski definition) is 9. The number of likely N-dealkylation sites (tertiary alicyclic amines) is 2. The van der Waals surface area contributed by atoms with Gasteiger partial charge in [-0.15, -0.1) is 22.7 Å². The Kier molecular flexibility index (Phi) is 7.25. The molecule has 40 heavy (non-hydrogen) atoms. The molecule has 10 nitrogen and oxygen atoms in total. The molecule has 2 aliphatic rings. The summed E-state index contributed by atoms with van der Waals surface area (Å²) < 4.78 is 34.4. The Morgan fingerprint density at radius 3 is 2.62 bits per heavy atom. The minimum absolute atomic E-state index is 0.0900. The highest BCUT2D eigenvalue weighted by molar-refractivity contribution is 7.94. The summed E-state index contributed by atoms with van der Waals surface area (Å²) in [5, 5.41) is 3.41. The smallest absolute Gasteiger partial charge is 0.273 e. The molecule has 3 aromatic heterocycles. The Morgan fingerprint density at radius 1 is 1.15 bits per heavy atom. The first-order valence-corrected chi connectivity index (χ1v) is 16.2. The fraction of sp³-hybridized carbons (Fsp3) is 0.370. The maximum Gasteiger partial charge on any atom is 0.273 e. The molecule has 0 spiro atoms. The fourth-order valence-electron chi connectivity index (χ4n) is 5.49. The molecule has 13 heteroatoms. The Balaban J connectivity index is 1.26. The summed E-state index contributed by atoms with van der Waals surface area (Å²) in [6, 6.07) is 10.9. The zero-order valence-electron chi connectivity index (χ0n) is 22.1. The number of hydrogen-bond donors (Lipinski definition) is 1. The van der Waals surface area contributed by atoms with Gasteiger partial charge < -0.3 is 9.72 Å². The normalized spacial score (nSPS) is 19.7. The van der Waals surface area contributed by atoms with Crippen molar-refractivity contribution < 1.29 is 22.7 Å². The van der Waals surface area contributed by atoms with E-state index in [-0.39, 0.29) is 41.0 Å². The lowest BCUT2D eigenvalue weighted by Gasteiger charge is -2.24. The lowest BCUT2D eigenvalue weighted by atomic mass is 10.00. The number of fused-ring (bicyclic) bond motifs is 2. The molecule has 0 radical (unpaired) electrons. The van der Waals surface area contributed by atoms with Gasteiger partial charge in [0.05, 0.1) is 41.9 Å². The van der Waals surface area contributed by atoms with Crippen LogP contribution in [0.25, 0.3) is 21.6 Å². The highest BCUT2D eigenvalue weighted by atomic mass is 32.2. The van der Waals surface area contributed by atoms with Crippen LogP contribution in [0.3, 0.4) is 0 Å². The second kappa shape index (κ2) is 10.7. The number of amides is 2. The van der Waals surface area contributed by atoms with Gasteiger partial charge in [-0.3, -0.25) is 23.7 Å². The largest absolute Gasteiger partial charge is 0.380 e. The van der Waals surface area contributed by atoms with Gasteiger partial charge >= 0.3 is 0 Å². The number of H-pyrrole nitrogens is 1. The highest BCUT2D eigenvalue weighted by Crippen LogP contribution is 2.37. The first kappa shape index (κ1) is 27.1. The number of nitrogens with zero attached hydrogens (tertiary/aromatic N) is 4. The molecule has 2 saturated heterocycles. The molecule has 2 aliphatic heterocycles. The van der Waals surface area contributed by atoms with E-state index >= 15 is 0 Å². The van der Waals surface area contributed by atoms with Crippen molar-refractivity contribution in [3.63, 3.8) is 0 Å². The van der Waals surface area contributed by atoms with Crippen LogP contribution in [0.4, 0.5) is 5.69 Å². The second-order valence-electron chi connectivity index (χ2n) is 9.90. The third-order valence-electron chi connectivity index (χ3n) is 7.44. The van der Waals surface area contributed by atoms with Crippen molar-refractivity contribution in [1.29, 1.82) is 0 Å².